The van der Waals surface area contributed by atoms with E-state index in [0.29, 0.717) is 23.3 Å². The summed E-state index contributed by atoms with van der Waals surface area (Å²) < 4.78 is 81.5. The topological polar surface area (TPSA) is 0 Å². The lowest BCUT2D eigenvalue weighted by Gasteiger charge is -2.25. The first-order chi connectivity index (χ1) is 11.9. The SMILES string of the molecule is CC(C)c1cccc(C(C)C)c1-c1c(C(F)(F)F)c[c]cc1C(F)(F)F. The van der Waals surface area contributed by atoms with Crippen molar-refractivity contribution >= 4 is 0 Å². The Bertz CT molecular complexity index is 723. The smallest absolute Gasteiger partial charge is 0.166 e. The Kier molecular flexibility index (Phi) is 5.45. The van der Waals surface area contributed by atoms with E-state index in [1.54, 1.807) is 45.9 Å². The van der Waals surface area contributed by atoms with Gasteiger partial charge in [-0.2, -0.15) is 26.3 Å². The van der Waals surface area contributed by atoms with Gasteiger partial charge in [-0.05, 0) is 46.7 Å². The molecule has 0 N–H and O–H groups in total. The van der Waals surface area contributed by atoms with Crippen LogP contribution < -0.4 is 0 Å². The van der Waals surface area contributed by atoms with Crippen LogP contribution in [0.25, 0.3) is 11.1 Å². The highest BCUT2D eigenvalue weighted by atomic mass is 19.4. The van der Waals surface area contributed by atoms with Crippen LogP contribution in [0.15, 0.2) is 30.3 Å². The maximum atomic E-state index is 13.6. The number of halogens is 6. The largest absolute Gasteiger partial charge is 0.417 e. The van der Waals surface area contributed by atoms with Crippen molar-refractivity contribution in [2.45, 2.75) is 51.9 Å². The zero-order valence-corrected chi connectivity index (χ0v) is 14.8. The van der Waals surface area contributed by atoms with Crippen molar-refractivity contribution in [3.05, 3.63) is 58.7 Å². The second-order valence-electron chi connectivity index (χ2n) is 6.77. The summed E-state index contributed by atoms with van der Waals surface area (Å²) in [6.45, 7) is 6.99. The first kappa shape index (κ1) is 20.3. The zero-order valence-electron chi connectivity index (χ0n) is 14.8. The fourth-order valence-electron chi connectivity index (χ4n) is 3.05. The third-order valence-corrected chi connectivity index (χ3v) is 4.23. The Labute approximate surface area is 148 Å². The van der Waals surface area contributed by atoms with Gasteiger partial charge in [-0.3, -0.25) is 0 Å². The molecule has 0 aliphatic rings. The van der Waals surface area contributed by atoms with Gasteiger partial charge in [0, 0.05) is 5.56 Å². The molecule has 0 saturated heterocycles. The minimum atomic E-state index is -4.93. The van der Waals surface area contributed by atoms with Crippen LogP contribution in [0.4, 0.5) is 26.3 Å². The van der Waals surface area contributed by atoms with E-state index in [0.717, 1.165) is 0 Å². The zero-order chi connectivity index (χ0) is 19.9. The van der Waals surface area contributed by atoms with Crippen LogP contribution in [0.2, 0.25) is 0 Å². The molecule has 0 aromatic heterocycles. The standard InChI is InChI=1S/C20H19F6/c1-11(2)13-7-5-8-14(12(3)4)17(13)18-15(19(21,22)23)9-6-10-16(18)20(24,25)26/h5,7-12H,1-4H3. The van der Waals surface area contributed by atoms with Gasteiger partial charge in [0.15, 0.2) is 0 Å². The molecular weight excluding hydrogens is 354 g/mol. The van der Waals surface area contributed by atoms with Gasteiger partial charge in [-0.1, -0.05) is 45.9 Å². The van der Waals surface area contributed by atoms with Crippen molar-refractivity contribution in [2.75, 3.05) is 0 Å². The van der Waals surface area contributed by atoms with E-state index < -0.39 is 29.0 Å². The molecule has 0 aliphatic carbocycles. The van der Waals surface area contributed by atoms with Crippen LogP contribution >= 0.6 is 0 Å². The molecule has 0 heterocycles. The van der Waals surface area contributed by atoms with E-state index in [1.165, 1.54) is 0 Å². The second-order valence-corrected chi connectivity index (χ2v) is 6.77. The lowest BCUT2D eigenvalue weighted by molar-refractivity contribution is -0.142. The van der Waals surface area contributed by atoms with E-state index in [2.05, 4.69) is 0 Å². The number of benzene rings is 2. The van der Waals surface area contributed by atoms with Crippen LogP contribution in [0.5, 0.6) is 0 Å². The highest BCUT2D eigenvalue weighted by molar-refractivity contribution is 5.79. The van der Waals surface area contributed by atoms with E-state index in [-0.39, 0.29) is 17.4 Å². The molecule has 1 radical (unpaired) electrons. The lowest BCUT2D eigenvalue weighted by Crippen LogP contribution is -2.16. The van der Waals surface area contributed by atoms with E-state index >= 15 is 0 Å². The first-order valence-electron chi connectivity index (χ1n) is 8.17. The molecule has 2 aromatic rings. The fraction of sp³-hybridized carbons (Fsp3) is 0.400. The van der Waals surface area contributed by atoms with Crippen LogP contribution in [0.1, 0.15) is 61.8 Å². The second kappa shape index (κ2) is 6.97. The summed E-state index contributed by atoms with van der Waals surface area (Å²) in [5.41, 5.74) is -2.51. The van der Waals surface area contributed by atoms with Gasteiger partial charge in [0.05, 0.1) is 11.1 Å². The molecule has 26 heavy (non-hydrogen) atoms. The van der Waals surface area contributed by atoms with Gasteiger partial charge in [-0.15, -0.1) is 0 Å². The molecule has 141 valence electrons. The van der Waals surface area contributed by atoms with Crippen molar-refractivity contribution in [3.8, 4) is 11.1 Å². The molecule has 0 amide bonds. The minimum Gasteiger partial charge on any atom is -0.166 e. The highest BCUT2D eigenvalue weighted by Crippen LogP contribution is 2.48. The van der Waals surface area contributed by atoms with Crippen molar-refractivity contribution in [2.24, 2.45) is 0 Å². The van der Waals surface area contributed by atoms with E-state index in [9.17, 15) is 26.3 Å². The summed E-state index contributed by atoms with van der Waals surface area (Å²) in [5, 5.41) is 0. The third kappa shape index (κ3) is 3.89. The van der Waals surface area contributed by atoms with Crippen LogP contribution in [-0.2, 0) is 12.4 Å². The van der Waals surface area contributed by atoms with Crippen LogP contribution in [-0.4, -0.2) is 0 Å². The van der Waals surface area contributed by atoms with Gasteiger partial charge in [0.2, 0.25) is 0 Å². The summed E-state index contributed by atoms with van der Waals surface area (Å²) >= 11 is 0. The van der Waals surface area contributed by atoms with Gasteiger partial charge in [0.25, 0.3) is 0 Å². The molecule has 2 rings (SSSR count). The average Bonchev–Trinajstić information content (AvgIpc) is 2.51. The van der Waals surface area contributed by atoms with Gasteiger partial charge >= 0.3 is 12.4 Å². The molecular formula is C20H19F6. The molecule has 0 aliphatic heterocycles. The molecule has 0 nitrogen and oxygen atoms in total. The summed E-state index contributed by atoms with van der Waals surface area (Å²) in [7, 11) is 0. The summed E-state index contributed by atoms with van der Waals surface area (Å²) in [6, 6.07) is 8.03. The molecule has 0 saturated carbocycles. The molecule has 0 spiro atoms. The Morgan fingerprint density at radius 2 is 1.08 bits per heavy atom. The number of rotatable bonds is 3. The summed E-state index contributed by atoms with van der Waals surface area (Å²) in [5.74, 6) is -0.481. The fourth-order valence-corrected chi connectivity index (χ4v) is 3.05. The summed E-state index contributed by atoms with van der Waals surface area (Å²) in [4.78, 5) is 0. The Morgan fingerprint density at radius 3 is 1.38 bits per heavy atom. The summed E-state index contributed by atoms with van der Waals surface area (Å²) in [6.07, 6.45) is -9.85. The van der Waals surface area contributed by atoms with Crippen molar-refractivity contribution in [3.63, 3.8) is 0 Å². The predicted octanol–water partition coefficient (Wildman–Crippen LogP) is 7.44. The molecule has 0 bridgehead atoms. The van der Waals surface area contributed by atoms with Crippen molar-refractivity contribution < 1.29 is 26.3 Å². The monoisotopic (exact) mass is 373 g/mol. The van der Waals surface area contributed by atoms with Crippen LogP contribution in [0.3, 0.4) is 0 Å². The number of alkyl halides is 6. The first-order valence-corrected chi connectivity index (χ1v) is 8.17. The molecule has 0 fully saturated rings. The lowest BCUT2D eigenvalue weighted by atomic mass is 9.81. The van der Waals surface area contributed by atoms with Gasteiger partial charge < -0.3 is 0 Å². The number of hydrogen-bond acceptors (Lipinski definition) is 0. The maximum Gasteiger partial charge on any atom is 0.417 e. The molecule has 0 atom stereocenters. The Morgan fingerprint density at radius 1 is 0.692 bits per heavy atom. The van der Waals surface area contributed by atoms with E-state index in [1.807, 2.05) is 6.07 Å². The van der Waals surface area contributed by atoms with Gasteiger partial charge in [-0.25, -0.2) is 0 Å². The Balaban J connectivity index is 3.05. The van der Waals surface area contributed by atoms with Gasteiger partial charge in [0.1, 0.15) is 0 Å². The van der Waals surface area contributed by atoms with E-state index in [4.69, 9.17) is 0 Å². The predicted molar refractivity (Wildman–Crippen MR) is 88.9 cm³/mol. The maximum absolute atomic E-state index is 13.6. The minimum absolute atomic E-state index is 0.0196. The molecule has 6 heteroatoms. The highest BCUT2D eigenvalue weighted by Gasteiger charge is 2.42. The third-order valence-electron chi connectivity index (χ3n) is 4.23. The number of hydrogen-bond donors (Lipinski definition) is 0. The molecule has 2 aromatic carbocycles. The molecule has 0 unspecified atom stereocenters. The Hall–Kier alpha value is -1.98. The average molecular weight is 373 g/mol. The van der Waals surface area contributed by atoms with Crippen molar-refractivity contribution in [1.29, 1.82) is 0 Å². The quantitative estimate of drug-likeness (QED) is 0.491. The van der Waals surface area contributed by atoms with Crippen molar-refractivity contribution in [1.82, 2.24) is 0 Å². The normalized spacial score (nSPS) is 12.9. The van der Waals surface area contributed by atoms with Crippen LogP contribution in [0, 0.1) is 6.07 Å².